The number of anilines is 1. The zero-order chi connectivity index (χ0) is 19.5. The van der Waals surface area contributed by atoms with E-state index in [1.165, 1.54) is 30.2 Å². The highest BCUT2D eigenvalue weighted by Gasteiger charge is 2.15. The van der Waals surface area contributed by atoms with Gasteiger partial charge < -0.3 is 9.88 Å². The highest BCUT2D eigenvalue weighted by Crippen LogP contribution is 2.21. The number of piperidine rings is 1. The molecular formula is C22H24N4O2. The molecule has 0 unspecified atom stereocenters. The zero-order valence-corrected chi connectivity index (χ0v) is 16.0. The fourth-order valence-electron chi connectivity index (χ4n) is 3.68. The third kappa shape index (κ3) is 3.82. The monoisotopic (exact) mass is 376 g/mol. The number of carbonyl (C=O) groups is 1. The van der Waals surface area contributed by atoms with Gasteiger partial charge in [0.25, 0.3) is 11.5 Å². The van der Waals surface area contributed by atoms with Crippen LogP contribution in [-0.4, -0.2) is 33.4 Å². The van der Waals surface area contributed by atoms with Gasteiger partial charge in [0.1, 0.15) is 0 Å². The van der Waals surface area contributed by atoms with E-state index in [4.69, 9.17) is 0 Å². The molecule has 144 valence electrons. The second kappa shape index (κ2) is 7.94. The van der Waals surface area contributed by atoms with Gasteiger partial charge in [0.05, 0.1) is 17.2 Å². The minimum atomic E-state index is -0.199. The first-order valence-corrected chi connectivity index (χ1v) is 9.69. The number of fused-ring (bicyclic) bond motifs is 1. The van der Waals surface area contributed by atoms with Crippen LogP contribution in [0.5, 0.6) is 0 Å². The van der Waals surface area contributed by atoms with Crippen LogP contribution in [0.1, 0.15) is 35.2 Å². The third-order valence-corrected chi connectivity index (χ3v) is 5.29. The van der Waals surface area contributed by atoms with Crippen LogP contribution in [0.4, 0.5) is 5.69 Å². The fourth-order valence-corrected chi connectivity index (χ4v) is 3.68. The van der Waals surface area contributed by atoms with Crippen LogP contribution in [0.2, 0.25) is 0 Å². The summed E-state index contributed by atoms with van der Waals surface area (Å²) in [6, 6.07) is 12.9. The second-order valence-corrected chi connectivity index (χ2v) is 7.34. The Morgan fingerprint density at radius 3 is 2.71 bits per heavy atom. The van der Waals surface area contributed by atoms with Crippen LogP contribution in [-0.2, 0) is 13.6 Å². The van der Waals surface area contributed by atoms with E-state index in [1.54, 1.807) is 25.2 Å². The summed E-state index contributed by atoms with van der Waals surface area (Å²) in [5.41, 5.74) is 2.84. The lowest BCUT2D eigenvalue weighted by Gasteiger charge is -2.27. The summed E-state index contributed by atoms with van der Waals surface area (Å²) < 4.78 is 1.43. The third-order valence-electron chi connectivity index (χ3n) is 5.29. The molecule has 4 rings (SSSR count). The Morgan fingerprint density at radius 1 is 1.11 bits per heavy atom. The number of likely N-dealkylation sites (tertiary alicyclic amines) is 1. The van der Waals surface area contributed by atoms with Crippen molar-refractivity contribution in [1.29, 1.82) is 0 Å². The van der Waals surface area contributed by atoms with Gasteiger partial charge >= 0.3 is 0 Å². The SMILES string of the molecule is Cn1cnc2cc(C(=O)Nc3ccccc3CN3CCCCC3)ccc2c1=O. The Bertz CT molecular complexity index is 1070. The van der Waals surface area contributed by atoms with E-state index >= 15 is 0 Å². The lowest BCUT2D eigenvalue weighted by Crippen LogP contribution is -2.29. The summed E-state index contributed by atoms with van der Waals surface area (Å²) in [7, 11) is 1.66. The van der Waals surface area contributed by atoms with E-state index < -0.39 is 0 Å². The number of carbonyl (C=O) groups excluding carboxylic acids is 1. The van der Waals surface area contributed by atoms with Gasteiger partial charge in [-0.15, -0.1) is 0 Å². The normalized spacial score (nSPS) is 14.9. The van der Waals surface area contributed by atoms with Crippen molar-refractivity contribution in [2.45, 2.75) is 25.8 Å². The predicted molar refractivity (Wildman–Crippen MR) is 111 cm³/mol. The van der Waals surface area contributed by atoms with E-state index in [2.05, 4.69) is 21.3 Å². The van der Waals surface area contributed by atoms with Gasteiger partial charge in [-0.3, -0.25) is 14.5 Å². The van der Waals surface area contributed by atoms with Crippen LogP contribution >= 0.6 is 0 Å². The van der Waals surface area contributed by atoms with Crippen LogP contribution in [0, 0.1) is 0 Å². The average Bonchev–Trinajstić information content (AvgIpc) is 2.73. The molecule has 1 N–H and O–H groups in total. The summed E-state index contributed by atoms with van der Waals surface area (Å²) in [4.78, 5) is 31.7. The molecule has 0 atom stereocenters. The number of hydrogen-bond donors (Lipinski definition) is 1. The molecule has 28 heavy (non-hydrogen) atoms. The van der Waals surface area contributed by atoms with E-state index in [-0.39, 0.29) is 11.5 Å². The molecule has 1 saturated heterocycles. The molecule has 6 heteroatoms. The number of nitrogens with one attached hydrogen (secondary N) is 1. The van der Waals surface area contributed by atoms with Gasteiger partial charge in [-0.05, 0) is 55.8 Å². The Morgan fingerprint density at radius 2 is 1.89 bits per heavy atom. The van der Waals surface area contributed by atoms with Gasteiger partial charge in [-0.2, -0.15) is 0 Å². The molecule has 1 amide bonds. The predicted octanol–water partition coefficient (Wildman–Crippen LogP) is 3.17. The molecule has 1 aliphatic heterocycles. The molecular weight excluding hydrogens is 352 g/mol. The first-order valence-electron chi connectivity index (χ1n) is 9.69. The smallest absolute Gasteiger partial charge is 0.260 e. The van der Waals surface area contributed by atoms with Gasteiger partial charge in [0.15, 0.2) is 0 Å². The lowest BCUT2D eigenvalue weighted by molar-refractivity contribution is 0.102. The van der Waals surface area contributed by atoms with Gasteiger partial charge in [-0.25, -0.2) is 4.98 Å². The molecule has 0 aliphatic carbocycles. The molecule has 1 aromatic heterocycles. The Labute approximate surface area is 163 Å². The maximum atomic E-state index is 12.8. The zero-order valence-electron chi connectivity index (χ0n) is 16.0. The van der Waals surface area contributed by atoms with Crippen molar-refractivity contribution in [2.75, 3.05) is 18.4 Å². The summed E-state index contributed by atoms with van der Waals surface area (Å²) in [6.07, 6.45) is 5.24. The van der Waals surface area contributed by atoms with Crippen molar-refractivity contribution < 1.29 is 4.79 Å². The molecule has 0 spiro atoms. The highest BCUT2D eigenvalue weighted by molar-refractivity contribution is 6.06. The number of rotatable bonds is 4. The van der Waals surface area contributed by atoms with E-state index in [0.717, 1.165) is 30.9 Å². The lowest BCUT2D eigenvalue weighted by atomic mass is 10.1. The Hall–Kier alpha value is -2.99. The maximum Gasteiger partial charge on any atom is 0.260 e. The van der Waals surface area contributed by atoms with Crippen molar-refractivity contribution in [3.05, 3.63) is 70.3 Å². The number of aryl methyl sites for hydroxylation is 1. The minimum absolute atomic E-state index is 0.121. The van der Waals surface area contributed by atoms with Crippen LogP contribution in [0.25, 0.3) is 10.9 Å². The number of benzene rings is 2. The molecule has 1 fully saturated rings. The molecule has 0 radical (unpaired) electrons. The highest BCUT2D eigenvalue weighted by atomic mass is 16.1. The quantitative estimate of drug-likeness (QED) is 0.759. The van der Waals surface area contributed by atoms with Crippen molar-refractivity contribution in [1.82, 2.24) is 14.5 Å². The molecule has 0 bridgehead atoms. The number of aromatic nitrogens is 2. The standard InChI is InChI=1S/C22H24N4O2/c1-25-15-23-20-13-16(9-10-18(20)22(25)28)21(27)24-19-8-4-3-7-17(19)14-26-11-5-2-6-12-26/h3-4,7-10,13,15H,2,5-6,11-12,14H2,1H3,(H,24,27). The van der Waals surface area contributed by atoms with Gasteiger partial charge in [0, 0.05) is 24.8 Å². The second-order valence-electron chi connectivity index (χ2n) is 7.34. The summed E-state index contributed by atoms with van der Waals surface area (Å²) >= 11 is 0. The van der Waals surface area contributed by atoms with E-state index in [1.807, 2.05) is 18.2 Å². The van der Waals surface area contributed by atoms with Gasteiger partial charge in [-0.1, -0.05) is 24.6 Å². The molecule has 2 heterocycles. The summed E-state index contributed by atoms with van der Waals surface area (Å²) in [5, 5.41) is 3.54. The molecule has 6 nitrogen and oxygen atoms in total. The van der Waals surface area contributed by atoms with Crippen LogP contribution in [0.3, 0.4) is 0 Å². The number of nitrogens with zero attached hydrogens (tertiary/aromatic N) is 3. The summed E-state index contributed by atoms with van der Waals surface area (Å²) in [5.74, 6) is -0.199. The Balaban J connectivity index is 1.56. The molecule has 1 aliphatic rings. The van der Waals surface area contributed by atoms with Crippen LogP contribution in [0.15, 0.2) is 53.6 Å². The van der Waals surface area contributed by atoms with Crippen LogP contribution < -0.4 is 10.9 Å². The largest absolute Gasteiger partial charge is 0.322 e. The molecule has 3 aromatic rings. The maximum absolute atomic E-state index is 12.8. The van der Waals surface area contributed by atoms with Crippen molar-refractivity contribution in [2.24, 2.45) is 7.05 Å². The van der Waals surface area contributed by atoms with Crippen molar-refractivity contribution in [3.8, 4) is 0 Å². The first kappa shape index (κ1) is 18.4. The number of hydrogen-bond acceptors (Lipinski definition) is 4. The summed E-state index contributed by atoms with van der Waals surface area (Å²) in [6.45, 7) is 3.05. The average molecular weight is 376 g/mol. The van der Waals surface area contributed by atoms with E-state index in [0.29, 0.717) is 16.5 Å². The number of amides is 1. The van der Waals surface area contributed by atoms with Gasteiger partial charge in [0.2, 0.25) is 0 Å². The fraction of sp³-hybridized carbons (Fsp3) is 0.318. The van der Waals surface area contributed by atoms with E-state index in [9.17, 15) is 9.59 Å². The Kier molecular flexibility index (Phi) is 5.21. The topological polar surface area (TPSA) is 67.2 Å². The number of para-hydroxylation sites is 1. The molecule has 0 saturated carbocycles. The molecule has 2 aromatic carbocycles. The first-order chi connectivity index (χ1) is 13.6. The minimum Gasteiger partial charge on any atom is -0.322 e. The van der Waals surface area contributed by atoms with Crippen molar-refractivity contribution in [3.63, 3.8) is 0 Å². The van der Waals surface area contributed by atoms with Crippen molar-refractivity contribution >= 4 is 22.5 Å².